The Morgan fingerprint density at radius 1 is 0.708 bits per heavy atom. The van der Waals surface area contributed by atoms with Crippen LogP contribution in [0.15, 0.2) is 78.9 Å². The summed E-state index contributed by atoms with van der Waals surface area (Å²) in [6, 6.07) is 22.4. The van der Waals surface area contributed by atoms with Gasteiger partial charge in [0.1, 0.15) is 12.4 Å². The van der Waals surface area contributed by atoms with Gasteiger partial charge in [-0.2, -0.15) is 13.2 Å². The van der Waals surface area contributed by atoms with Gasteiger partial charge in [-0.3, -0.25) is 0 Å². The molecule has 3 rings (SSSR count). The van der Waals surface area contributed by atoms with Crippen molar-refractivity contribution < 1.29 is 17.9 Å². The molecule has 0 spiro atoms. The quantitative estimate of drug-likeness (QED) is 0.575. The molecule has 0 aliphatic carbocycles. The summed E-state index contributed by atoms with van der Waals surface area (Å²) in [4.78, 5) is 0. The lowest BCUT2D eigenvalue weighted by molar-refractivity contribution is -0.138. The highest BCUT2D eigenvalue weighted by Gasteiger charge is 2.33. The minimum absolute atomic E-state index is 0.118. The van der Waals surface area contributed by atoms with Gasteiger partial charge in [-0.1, -0.05) is 66.7 Å². The van der Waals surface area contributed by atoms with Crippen LogP contribution in [-0.4, -0.2) is 0 Å². The Hall–Kier alpha value is -2.75. The second kappa shape index (κ2) is 6.79. The van der Waals surface area contributed by atoms with Crippen LogP contribution in [0.4, 0.5) is 13.2 Å². The maximum Gasteiger partial charge on any atom is 0.416 e. The van der Waals surface area contributed by atoms with Crippen molar-refractivity contribution in [3.8, 4) is 16.9 Å². The van der Waals surface area contributed by atoms with Gasteiger partial charge in [0, 0.05) is 11.1 Å². The molecule has 4 heteroatoms. The number of hydrogen-bond donors (Lipinski definition) is 0. The zero-order valence-corrected chi connectivity index (χ0v) is 12.8. The Labute approximate surface area is 138 Å². The molecule has 24 heavy (non-hydrogen) atoms. The number of rotatable bonds is 4. The van der Waals surface area contributed by atoms with Crippen LogP contribution in [0.1, 0.15) is 11.1 Å². The zero-order chi connectivity index (χ0) is 17.0. The van der Waals surface area contributed by atoms with Crippen LogP contribution in [-0.2, 0) is 12.8 Å². The molecule has 122 valence electrons. The predicted octanol–water partition coefficient (Wildman–Crippen LogP) is 5.95. The SMILES string of the molecule is FC(F)(F)c1ccccc1COc1ccccc1-c1ccccc1. The average Bonchev–Trinajstić information content (AvgIpc) is 2.60. The predicted molar refractivity (Wildman–Crippen MR) is 87.7 cm³/mol. The maximum absolute atomic E-state index is 13.1. The Kier molecular flexibility index (Phi) is 4.56. The van der Waals surface area contributed by atoms with Crippen molar-refractivity contribution in [2.24, 2.45) is 0 Å². The standard InChI is InChI=1S/C20H15F3O/c21-20(22,23)18-12-6-4-10-16(18)14-24-19-13-7-5-11-17(19)15-8-2-1-3-9-15/h1-13H,14H2. The molecule has 0 N–H and O–H groups in total. The van der Waals surface area contributed by atoms with Gasteiger partial charge in [-0.05, 0) is 17.7 Å². The molecule has 0 aromatic heterocycles. The second-order valence-electron chi connectivity index (χ2n) is 5.31. The van der Waals surface area contributed by atoms with E-state index in [1.807, 2.05) is 42.5 Å². The first-order valence-corrected chi connectivity index (χ1v) is 7.48. The fraction of sp³-hybridized carbons (Fsp3) is 0.100. The van der Waals surface area contributed by atoms with Crippen LogP contribution < -0.4 is 4.74 Å². The van der Waals surface area contributed by atoms with Crippen LogP contribution in [0, 0.1) is 0 Å². The lowest BCUT2D eigenvalue weighted by atomic mass is 10.0. The summed E-state index contributed by atoms with van der Waals surface area (Å²) in [7, 11) is 0. The third-order valence-electron chi connectivity index (χ3n) is 3.68. The van der Waals surface area contributed by atoms with E-state index in [4.69, 9.17) is 4.74 Å². The van der Waals surface area contributed by atoms with Gasteiger partial charge in [-0.25, -0.2) is 0 Å². The molecule has 0 unspecified atom stereocenters. The molecular weight excluding hydrogens is 313 g/mol. The van der Waals surface area contributed by atoms with Crippen molar-refractivity contribution in [1.82, 2.24) is 0 Å². The molecule has 0 heterocycles. The fourth-order valence-electron chi connectivity index (χ4n) is 2.53. The second-order valence-corrected chi connectivity index (χ2v) is 5.31. The molecule has 3 aromatic rings. The minimum atomic E-state index is -4.39. The Bertz CT molecular complexity index is 810. The summed E-state index contributed by atoms with van der Waals surface area (Å²) in [6.07, 6.45) is -4.39. The highest BCUT2D eigenvalue weighted by atomic mass is 19.4. The first-order chi connectivity index (χ1) is 11.6. The van der Waals surface area contributed by atoms with Crippen molar-refractivity contribution in [2.75, 3.05) is 0 Å². The highest BCUT2D eigenvalue weighted by molar-refractivity contribution is 5.70. The monoisotopic (exact) mass is 328 g/mol. The van der Waals surface area contributed by atoms with Crippen molar-refractivity contribution >= 4 is 0 Å². The van der Waals surface area contributed by atoms with E-state index in [0.29, 0.717) is 5.75 Å². The molecule has 0 amide bonds. The van der Waals surface area contributed by atoms with Gasteiger partial charge in [0.15, 0.2) is 0 Å². The summed E-state index contributed by atoms with van der Waals surface area (Å²) in [6.45, 7) is -0.139. The lowest BCUT2D eigenvalue weighted by Crippen LogP contribution is -2.10. The molecule has 0 fully saturated rings. The molecule has 1 nitrogen and oxygen atoms in total. The average molecular weight is 328 g/mol. The maximum atomic E-state index is 13.1. The molecule has 0 atom stereocenters. The number of halogens is 3. The van der Waals surface area contributed by atoms with Gasteiger partial charge >= 0.3 is 6.18 Å². The number of ether oxygens (including phenoxy) is 1. The van der Waals surface area contributed by atoms with Crippen LogP contribution in [0.3, 0.4) is 0 Å². The van der Waals surface area contributed by atoms with E-state index in [-0.39, 0.29) is 12.2 Å². The molecule has 0 aliphatic heterocycles. The Morgan fingerprint density at radius 3 is 2.08 bits per heavy atom. The van der Waals surface area contributed by atoms with Crippen LogP contribution in [0.2, 0.25) is 0 Å². The van der Waals surface area contributed by atoms with E-state index >= 15 is 0 Å². The summed E-state index contributed by atoms with van der Waals surface area (Å²) in [5.41, 5.74) is 1.26. The first kappa shape index (κ1) is 16.1. The first-order valence-electron chi connectivity index (χ1n) is 7.48. The van der Waals surface area contributed by atoms with E-state index in [1.54, 1.807) is 18.2 Å². The summed E-state index contributed by atoms with van der Waals surface area (Å²) in [5.74, 6) is 0.556. The molecule has 0 saturated carbocycles. The molecule has 3 aromatic carbocycles. The third kappa shape index (κ3) is 3.59. The van der Waals surface area contributed by atoms with Crippen molar-refractivity contribution in [3.05, 3.63) is 90.0 Å². The normalized spacial score (nSPS) is 11.3. The summed E-state index contributed by atoms with van der Waals surface area (Å²) < 4.78 is 44.9. The van der Waals surface area contributed by atoms with E-state index in [1.165, 1.54) is 12.1 Å². The minimum Gasteiger partial charge on any atom is -0.488 e. The van der Waals surface area contributed by atoms with Gasteiger partial charge in [0.2, 0.25) is 0 Å². The van der Waals surface area contributed by atoms with Crippen molar-refractivity contribution in [2.45, 2.75) is 12.8 Å². The Balaban J connectivity index is 1.87. The lowest BCUT2D eigenvalue weighted by Gasteiger charge is -2.15. The smallest absolute Gasteiger partial charge is 0.416 e. The van der Waals surface area contributed by atoms with Crippen molar-refractivity contribution in [1.29, 1.82) is 0 Å². The number of benzene rings is 3. The molecule has 0 saturated heterocycles. The molecule has 0 bridgehead atoms. The molecular formula is C20H15F3O. The summed E-state index contributed by atoms with van der Waals surface area (Å²) >= 11 is 0. The van der Waals surface area contributed by atoms with Crippen LogP contribution >= 0.6 is 0 Å². The Morgan fingerprint density at radius 2 is 1.33 bits per heavy atom. The highest BCUT2D eigenvalue weighted by Crippen LogP contribution is 2.34. The topological polar surface area (TPSA) is 9.23 Å². The van der Waals surface area contributed by atoms with Gasteiger partial charge in [-0.15, -0.1) is 0 Å². The molecule has 0 radical (unpaired) electrons. The van der Waals surface area contributed by atoms with E-state index < -0.39 is 11.7 Å². The number of alkyl halides is 3. The van der Waals surface area contributed by atoms with Gasteiger partial charge in [0.05, 0.1) is 5.56 Å². The van der Waals surface area contributed by atoms with Crippen LogP contribution in [0.5, 0.6) is 5.75 Å². The fourth-order valence-corrected chi connectivity index (χ4v) is 2.53. The number of hydrogen-bond acceptors (Lipinski definition) is 1. The summed E-state index contributed by atoms with van der Waals surface area (Å²) in [5, 5.41) is 0. The van der Waals surface area contributed by atoms with E-state index in [0.717, 1.165) is 17.2 Å². The van der Waals surface area contributed by atoms with Gasteiger partial charge in [0.25, 0.3) is 0 Å². The molecule has 0 aliphatic rings. The van der Waals surface area contributed by atoms with E-state index in [2.05, 4.69) is 0 Å². The number of para-hydroxylation sites is 1. The van der Waals surface area contributed by atoms with Crippen LogP contribution in [0.25, 0.3) is 11.1 Å². The van der Waals surface area contributed by atoms with Gasteiger partial charge < -0.3 is 4.74 Å². The third-order valence-corrected chi connectivity index (χ3v) is 3.68. The largest absolute Gasteiger partial charge is 0.488 e. The van der Waals surface area contributed by atoms with E-state index in [9.17, 15) is 13.2 Å². The zero-order valence-electron chi connectivity index (χ0n) is 12.8. The van der Waals surface area contributed by atoms with Crippen molar-refractivity contribution in [3.63, 3.8) is 0 Å².